The minimum absolute atomic E-state index is 0.187. The molecule has 0 radical (unpaired) electrons. The van der Waals surface area contributed by atoms with Crippen LogP contribution in [0.4, 0.5) is 0 Å². The predicted octanol–water partition coefficient (Wildman–Crippen LogP) is 5.58. The topological polar surface area (TPSA) is 94.9 Å². The predicted molar refractivity (Wildman–Crippen MR) is 134 cm³/mol. The molecular weight excluding hydrogens is 458 g/mol. The summed E-state index contributed by atoms with van der Waals surface area (Å²) < 4.78 is 21.9. The van der Waals surface area contributed by atoms with Crippen molar-refractivity contribution < 1.29 is 28.5 Å². The van der Waals surface area contributed by atoms with Crippen LogP contribution in [-0.2, 0) is 20.9 Å². The highest BCUT2D eigenvalue weighted by Crippen LogP contribution is 2.40. The Morgan fingerprint density at radius 3 is 2.44 bits per heavy atom. The highest BCUT2D eigenvalue weighted by Gasteiger charge is 2.40. The van der Waals surface area contributed by atoms with Crippen LogP contribution in [0.15, 0.2) is 54.6 Å². The molecule has 7 nitrogen and oxygen atoms in total. The van der Waals surface area contributed by atoms with Crippen LogP contribution in [0.5, 0.6) is 11.5 Å². The zero-order valence-electron chi connectivity index (χ0n) is 20.7. The monoisotopic (exact) mass is 487 g/mol. The minimum Gasteiger partial charge on any atom is -0.496 e. The van der Waals surface area contributed by atoms with E-state index in [-0.39, 0.29) is 35.6 Å². The Morgan fingerprint density at radius 1 is 1.03 bits per heavy atom. The van der Waals surface area contributed by atoms with Gasteiger partial charge in [0.25, 0.3) is 0 Å². The van der Waals surface area contributed by atoms with Gasteiger partial charge in [-0.05, 0) is 55.0 Å². The molecule has 0 amide bonds. The van der Waals surface area contributed by atoms with E-state index in [9.17, 15) is 14.9 Å². The highest BCUT2D eigenvalue weighted by atomic mass is 16.5. The number of ether oxygens (including phenoxy) is 4. The van der Waals surface area contributed by atoms with E-state index >= 15 is 0 Å². The molecule has 0 heterocycles. The van der Waals surface area contributed by atoms with Crippen molar-refractivity contribution in [3.8, 4) is 17.6 Å². The highest BCUT2D eigenvalue weighted by molar-refractivity contribution is 5.93. The molecule has 0 aliphatic heterocycles. The van der Waals surface area contributed by atoms with Crippen LogP contribution < -0.4 is 9.47 Å². The molecule has 7 heteroatoms. The van der Waals surface area contributed by atoms with Gasteiger partial charge in [0, 0.05) is 6.07 Å². The number of methoxy groups -OCH3 is 2. The van der Waals surface area contributed by atoms with Gasteiger partial charge in [0.2, 0.25) is 0 Å². The lowest BCUT2D eigenvalue weighted by molar-refractivity contribution is -0.159. The van der Waals surface area contributed by atoms with Gasteiger partial charge in [0.05, 0.1) is 31.3 Å². The smallest absolute Gasteiger partial charge is 0.341 e. The Kier molecular flexibility index (Phi) is 7.44. The van der Waals surface area contributed by atoms with Crippen molar-refractivity contribution in [1.29, 1.82) is 5.26 Å². The van der Waals surface area contributed by atoms with Gasteiger partial charge < -0.3 is 18.9 Å². The standard InChI is InChI=1S/C29H29NO6/c1-29(28(32)35-18-20-9-6-8-19-7-4-5-10-23(19)20)13-11-22(12-14-29)36-25-16-24(27(31)34-3)26(33-2)15-21(25)17-30/h4-10,15-16,22H,11-14,18H2,1-3H3/t22-,29+. The van der Waals surface area contributed by atoms with Crippen molar-refractivity contribution in [1.82, 2.24) is 0 Å². The number of carbonyl (C=O) groups is 2. The van der Waals surface area contributed by atoms with Gasteiger partial charge in [-0.3, -0.25) is 4.79 Å². The molecular formula is C29H29NO6. The molecule has 1 aliphatic carbocycles. The van der Waals surface area contributed by atoms with E-state index in [4.69, 9.17) is 18.9 Å². The minimum atomic E-state index is -0.612. The van der Waals surface area contributed by atoms with Crippen molar-refractivity contribution >= 4 is 22.7 Å². The summed E-state index contributed by atoms with van der Waals surface area (Å²) in [5, 5.41) is 11.8. The third kappa shape index (κ3) is 5.13. The van der Waals surface area contributed by atoms with Crippen LogP contribution in [0.25, 0.3) is 10.8 Å². The Hall–Kier alpha value is -4.05. The second-order valence-corrected chi connectivity index (χ2v) is 9.24. The molecule has 0 saturated heterocycles. The maximum atomic E-state index is 13.0. The summed E-state index contributed by atoms with van der Waals surface area (Å²) in [6, 6.07) is 19.1. The molecule has 0 unspecified atom stereocenters. The van der Waals surface area contributed by atoms with E-state index in [2.05, 4.69) is 6.07 Å². The number of hydrogen-bond donors (Lipinski definition) is 0. The first-order valence-electron chi connectivity index (χ1n) is 11.9. The third-order valence-corrected chi connectivity index (χ3v) is 6.89. The summed E-state index contributed by atoms with van der Waals surface area (Å²) in [6.07, 6.45) is 2.21. The van der Waals surface area contributed by atoms with Gasteiger partial charge >= 0.3 is 11.9 Å². The van der Waals surface area contributed by atoms with E-state index in [0.717, 1.165) is 16.3 Å². The first kappa shape index (κ1) is 25.1. The fraction of sp³-hybridized carbons (Fsp3) is 0.345. The largest absolute Gasteiger partial charge is 0.496 e. The SMILES string of the molecule is COC(=O)c1cc(O[C@H]2CC[C@@](C)(C(=O)OCc3cccc4ccccc34)CC2)c(C#N)cc1OC. The molecule has 0 aromatic heterocycles. The van der Waals surface area contributed by atoms with Crippen LogP contribution in [0.2, 0.25) is 0 Å². The molecule has 0 N–H and O–H groups in total. The molecule has 186 valence electrons. The number of nitriles is 1. The first-order chi connectivity index (χ1) is 17.4. The van der Waals surface area contributed by atoms with Crippen LogP contribution in [0, 0.1) is 16.7 Å². The van der Waals surface area contributed by atoms with E-state index in [0.29, 0.717) is 31.4 Å². The zero-order chi connectivity index (χ0) is 25.7. The normalized spacial score (nSPS) is 19.2. The molecule has 1 fully saturated rings. The van der Waals surface area contributed by atoms with Gasteiger partial charge in [0.1, 0.15) is 29.7 Å². The fourth-order valence-electron chi connectivity index (χ4n) is 4.65. The Balaban J connectivity index is 1.40. The van der Waals surface area contributed by atoms with E-state index < -0.39 is 11.4 Å². The molecule has 3 aromatic carbocycles. The van der Waals surface area contributed by atoms with Gasteiger partial charge in [-0.1, -0.05) is 42.5 Å². The van der Waals surface area contributed by atoms with Crippen LogP contribution >= 0.6 is 0 Å². The zero-order valence-corrected chi connectivity index (χ0v) is 20.7. The maximum Gasteiger partial charge on any atom is 0.341 e. The fourth-order valence-corrected chi connectivity index (χ4v) is 4.65. The van der Waals surface area contributed by atoms with Crippen LogP contribution in [-0.4, -0.2) is 32.3 Å². The summed E-state index contributed by atoms with van der Waals surface area (Å²) in [5.74, 6) is -0.253. The summed E-state index contributed by atoms with van der Waals surface area (Å²) in [4.78, 5) is 25.2. The Morgan fingerprint density at radius 2 is 1.75 bits per heavy atom. The van der Waals surface area contributed by atoms with E-state index in [1.807, 2.05) is 49.4 Å². The molecule has 1 aliphatic rings. The molecule has 1 saturated carbocycles. The van der Waals surface area contributed by atoms with Gasteiger partial charge in [-0.2, -0.15) is 5.26 Å². The second-order valence-electron chi connectivity index (χ2n) is 9.24. The lowest BCUT2D eigenvalue weighted by Gasteiger charge is -2.35. The van der Waals surface area contributed by atoms with E-state index in [1.54, 1.807) is 0 Å². The third-order valence-electron chi connectivity index (χ3n) is 6.89. The van der Waals surface area contributed by atoms with Crippen LogP contribution in [0.3, 0.4) is 0 Å². The molecule has 0 spiro atoms. The van der Waals surface area contributed by atoms with Gasteiger partial charge in [-0.15, -0.1) is 0 Å². The lowest BCUT2D eigenvalue weighted by atomic mass is 9.74. The summed E-state index contributed by atoms with van der Waals surface area (Å²) >= 11 is 0. The summed E-state index contributed by atoms with van der Waals surface area (Å²) in [6.45, 7) is 2.15. The lowest BCUT2D eigenvalue weighted by Crippen LogP contribution is -2.37. The van der Waals surface area contributed by atoms with Crippen molar-refractivity contribution in [3.63, 3.8) is 0 Å². The average molecular weight is 488 g/mol. The molecule has 4 rings (SSSR count). The van der Waals surface area contributed by atoms with Crippen molar-refractivity contribution in [2.24, 2.45) is 5.41 Å². The number of rotatable bonds is 7. The molecule has 36 heavy (non-hydrogen) atoms. The maximum absolute atomic E-state index is 13.0. The number of fused-ring (bicyclic) bond motifs is 1. The van der Waals surface area contributed by atoms with Gasteiger partial charge in [-0.25, -0.2) is 4.79 Å². The van der Waals surface area contributed by atoms with Crippen LogP contribution in [0.1, 0.15) is 54.1 Å². The molecule has 3 aromatic rings. The number of benzene rings is 3. The molecule has 0 bridgehead atoms. The number of nitrogens with zero attached hydrogens (tertiary/aromatic N) is 1. The number of esters is 2. The summed E-state index contributed by atoms with van der Waals surface area (Å²) in [7, 11) is 2.70. The number of hydrogen-bond acceptors (Lipinski definition) is 7. The van der Waals surface area contributed by atoms with Crippen molar-refractivity contribution in [2.75, 3.05) is 14.2 Å². The van der Waals surface area contributed by atoms with Gasteiger partial charge in [0.15, 0.2) is 0 Å². The second kappa shape index (κ2) is 10.7. The average Bonchev–Trinajstić information content (AvgIpc) is 2.92. The van der Waals surface area contributed by atoms with Crippen molar-refractivity contribution in [3.05, 3.63) is 71.3 Å². The summed E-state index contributed by atoms with van der Waals surface area (Å²) in [5.41, 5.74) is 0.820. The Labute approximate surface area is 210 Å². The number of carbonyl (C=O) groups excluding carboxylic acids is 2. The van der Waals surface area contributed by atoms with E-state index in [1.165, 1.54) is 26.4 Å². The quantitative estimate of drug-likeness (QED) is 0.402. The molecule has 0 atom stereocenters. The first-order valence-corrected chi connectivity index (χ1v) is 11.9. The van der Waals surface area contributed by atoms with Crippen molar-refractivity contribution in [2.45, 2.75) is 45.3 Å². The Bertz CT molecular complexity index is 1310.